The molecule has 0 N–H and O–H groups in total. The Morgan fingerprint density at radius 2 is 1.78 bits per heavy atom. The predicted molar refractivity (Wildman–Crippen MR) is 155 cm³/mol. The third kappa shape index (κ3) is 5.68. The number of cyclic esters (lactones) is 1. The van der Waals surface area contributed by atoms with E-state index in [-0.39, 0.29) is 11.6 Å². The van der Waals surface area contributed by atoms with Crippen LogP contribution in [0.5, 0.6) is 5.75 Å². The molecular weight excluding hydrogens is 834 g/mol. The predicted octanol–water partition coefficient (Wildman–Crippen LogP) is 7.84. The molecule has 9 heteroatoms. The normalized spacial score (nSPS) is 14.5. The molecule has 162 valence electrons. The summed E-state index contributed by atoms with van der Waals surface area (Å²) in [5.74, 6) is 0.504. The molecule has 0 fully saturated rings. The molecule has 0 amide bonds. The molecule has 0 spiro atoms. The summed E-state index contributed by atoms with van der Waals surface area (Å²) >= 11 is 16.5. The van der Waals surface area contributed by atoms with Crippen molar-refractivity contribution in [3.8, 4) is 5.75 Å². The summed E-state index contributed by atoms with van der Waals surface area (Å²) in [6.45, 7) is 0.449. The lowest BCUT2D eigenvalue weighted by atomic mass is 10.2. The fourth-order valence-corrected chi connectivity index (χ4v) is 6.13. The second-order valence-electron chi connectivity index (χ2n) is 6.65. The topological polar surface area (TPSA) is 47.9 Å². The van der Waals surface area contributed by atoms with Crippen LogP contribution in [-0.2, 0) is 16.1 Å². The fraction of sp³-hybridized carbons (Fsp3) is 0.0435. The number of carbonyl (C=O) groups excluding carboxylic acids is 1. The number of carbonyl (C=O) groups is 1. The minimum absolute atomic E-state index is 0.211. The number of aliphatic imine (C=N–C) groups is 1. The van der Waals surface area contributed by atoms with Crippen LogP contribution in [0.1, 0.15) is 16.7 Å². The summed E-state index contributed by atoms with van der Waals surface area (Å²) in [5, 5.41) is 0.480. The highest BCUT2D eigenvalue weighted by molar-refractivity contribution is 14.1. The minimum atomic E-state index is -0.505. The molecule has 0 saturated carbocycles. The Kier molecular flexibility index (Phi) is 8.17. The highest BCUT2D eigenvalue weighted by Crippen LogP contribution is 2.32. The van der Waals surface area contributed by atoms with Gasteiger partial charge in [0.2, 0.25) is 5.90 Å². The number of benzene rings is 3. The molecule has 0 saturated heterocycles. The number of ether oxygens (including phenoxy) is 2. The SMILES string of the molecule is O=C1OC(c2cc(I)ccc2Cl)=N/C1=C\c1cc(I)c(OCc2ccccc2Br)c(I)c1. The van der Waals surface area contributed by atoms with Gasteiger partial charge in [-0.3, -0.25) is 0 Å². The highest BCUT2D eigenvalue weighted by Gasteiger charge is 2.26. The molecule has 1 heterocycles. The number of halogens is 5. The first-order valence-corrected chi connectivity index (χ1v) is 13.6. The van der Waals surface area contributed by atoms with Crippen molar-refractivity contribution in [2.24, 2.45) is 4.99 Å². The first-order valence-electron chi connectivity index (χ1n) is 9.15. The first kappa shape index (κ1) is 24.4. The zero-order chi connectivity index (χ0) is 22.8. The van der Waals surface area contributed by atoms with Gasteiger partial charge in [0.05, 0.1) is 17.7 Å². The van der Waals surface area contributed by atoms with Gasteiger partial charge in [0.25, 0.3) is 0 Å². The van der Waals surface area contributed by atoms with Crippen LogP contribution >= 0.6 is 95.3 Å². The highest BCUT2D eigenvalue weighted by atomic mass is 127. The van der Waals surface area contributed by atoms with Crippen molar-refractivity contribution < 1.29 is 14.3 Å². The lowest BCUT2D eigenvalue weighted by Crippen LogP contribution is -2.06. The van der Waals surface area contributed by atoms with Crippen molar-refractivity contribution >= 4 is 113 Å². The largest absolute Gasteiger partial charge is 0.487 e. The van der Waals surface area contributed by atoms with Crippen LogP contribution in [0.4, 0.5) is 0 Å². The number of esters is 1. The summed E-state index contributed by atoms with van der Waals surface area (Å²) < 4.78 is 15.3. The summed E-state index contributed by atoms with van der Waals surface area (Å²) in [6, 6.07) is 17.3. The molecular formula is C23H12BrClI3NO3. The minimum Gasteiger partial charge on any atom is -0.487 e. The van der Waals surface area contributed by atoms with Gasteiger partial charge in [-0.15, -0.1) is 0 Å². The molecule has 3 aromatic rings. The van der Waals surface area contributed by atoms with Crippen molar-refractivity contribution in [1.29, 1.82) is 0 Å². The van der Waals surface area contributed by atoms with Gasteiger partial charge in [0.15, 0.2) is 5.70 Å². The fourth-order valence-electron chi connectivity index (χ4n) is 2.91. The van der Waals surface area contributed by atoms with Crippen LogP contribution in [0, 0.1) is 10.7 Å². The summed E-state index contributed by atoms with van der Waals surface area (Å²) in [6.07, 6.45) is 1.71. The lowest BCUT2D eigenvalue weighted by molar-refractivity contribution is -0.129. The van der Waals surface area contributed by atoms with E-state index in [2.05, 4.69) is 88.7 Å². The molecule has 32 heavy (non-hydrogen) atoms. The van der Waals surface area contributed by atoms with E-state index in [1.807, 2.05) is 48.5 Å². The maximum absolute atomic E-state index is 12.4. The van der Waals surface area contributed by atoms with Crippen LogP contribution < -0.4 is 4.74 Å². The Morgan fingerprint density at radius 1 is 1.06 bits per heavy atom. The number of hydrogen-bond donors (Lipinski definition) is 0. The second-order valence-corrected chi connectivity index (χ2v) is 11.5. The van der Waals surface area contributed by atoms with E-state index in [9.17, 15) is 4.79 Å². The molecule has 0 aromatic heterocycles. The van der Waals surface area contributed by atoms with E-state index in [1.54, 1.807) is 12.1 Å². The van der Waals surface area contributed by atoms with Crippen molar-refractivity contribution in [2.45, 2.75) is 6.61 Å². The maximum atomic E-state index is 12.4. The summed E-state index contributed by atoms with van der Waals surface area (Å²) in [4.78, 5) is 16.8. The van der Waals surface area contributed by atoms with Crippen LogP contribution in [0.15, 0.2) is 69.8 Å². The maximum Gasteiger partial charge on any atom is 0.363 e. The van der Waals surface area contributed by atoms with E-state index in [4.69, 9.17) is 21.1 Å². The molecule has 4 rings (SSSR count). The first-order chi connectivity index (χ1) is 15.3. The number of nitrogens with zero attached hydrogens (tertiary/aromatic N) is 1. The Labute approximate surface area is 239 Å². The molecule has 4 nitrogen and oxygen atoms in total. The van der Waals surface area contributed by atoms with Crippen LogP contribution in [0.25, 0.3) is 6.08 Å². The van der Waals surface area contributed by atoms with Gasteiger partial charge in [0.1, 0.15) is 12.4 Å². The van der Waals surface area contributed by atoms with Crippen molar-refractivity contribution in [3.63, 3.8) is 0 Å². The van der Waals surface area contributed by atoms with Gasteiger partial charge in [0, 0.05) is 13.6 Å². The summed E-state index contributed by atoms with van der Waals surface area (Å²) in [7, 11) is 0. The van der Waals surface area contributed by atoms with Gasteiger partial charge in [-0.1, -0.05) is 45.7 Å². The standard InChI is InChI=1S/C23H12BrClI3NO3/c24-16-4-2-1-3-13(16)11-31-21-18(27)7-12(8-19(21)28)9-20-23(30)32-22(29-20)15-10-14(26)5-6-17(15)25/h1-10H,11H2/b20-9-. The molecule has 1 aliphatic rings. The van der Waals surface area contributed by atoms with E-state index in [0.29, 0.717) is 17.2 Å². The lowest BCUT2D eigenvalue weighted by Gasteiger charge is -2.12. The van der Waals surface area contributed by atoms with Crippen molar-refractivity contribution in [3.05, 3.63) is 97.2 Å². The van der Waals surface area contributed by atoms with Crippen LogP contribution in [0.3, 0.4) is 0 Å². The van der Waals surface area contributed by atoms with Gasteiger partial charge < -0.3 is 9.47 Å². The molecule has 0 unspecified atom stereocenters. The summed E-state index contributed by atoms with van der Waals surface area (Å²) in [5.41, 5.74) is 2.71. The molecule has 0 aliphatic carbocycles. The van der Waals surface area contributed by atoms with Gasteiger partial charge in [-0.05, 0) is 116 Å². The Morgan fingerprint density at radius 3 is 2.50 bits per heavy atom. The second kappa shape index (κ2) is 10.7. The Balaban J connectivity index is 1.59. The molecule has 0 radical (unpaired) electrons. The van der Waals surface area contributed by atoms with Gasteiger partial charge >= 0.3 is 5.97 Å². The van der Waals surface area contributed by atoms with E-state index in [0.717, 1.165) is 32.1 Å². The van der Waals surface area contributed by atoms with Crippen molar-refractivity contribution in [1.82, 2.24) is 0 Å². The molecule has 1 aliphatic heterocycles. The average Bonchev–Trinajstić information content (AvgIpc) is 3.10. The van der Waals surface area contributed by atoms with Crippen LogP contribution in [-0.4, -0.2) is 11.9 Å². The Bertz CT molecular complexity index is 1270. The van der Waals surface area contributed by atoms with E-state index >= 15 is 0 Å². The zero-order valence-electron chi connectivity index (χ0n) is 16.0. The van der Waals surface area contributed by atoms with E-state index in [1.165, 1.54) is 0 Å². The third-order valence-corrected chi connectivity index (χ3v) is 7.81. The third-order valence-electron chi connectivity index (χ3n) is 4.43. The average molecular weight is 846 g/mol. The van der Waals surface area contributed by atoms with E-state index < -0.39 is 5.97 Å². The zero-order valence-corrected chi connectivity index (χ0v) is 24.9. The monoisotopic (exact) mass is 845 g/mol. The Hall–Kier alpha value is -0.700. The molecule has 3 aromatic carbocycles. The quantitative estimate of drug-likeness (QED) is 0.150. The number of hydrogen-bond acceptors (Lipinski definition) is 4. The number of rotatable bonds is 5. The van der Waals surface area contributed by atoms with Gasteiger partial charge in [-0.25, -0.2) is 9.79 Å². The van der Waals surface area contributed by atoms with Crippen molar-refractivity contribution in [2.75, 3.05) is 0 Å². The molecule has 0 bridgehead atoms. The smallest absolute Gasteiger partial charge is 0.363 e. The van der Waals surface area contributed by atoms with Gasteiger partial charge in [-0.2, -0.15) is 0 Å². The van der Waals surface area contributed by atoms with Crippen LogP contribution in [0.2, 0.25) is 5.02 Å². The molecule has 0 atom stereocenters.